The van der Waals surface area contributed by atoms with Crippen molar-refractivity contribution < 1.29 is 9.90 Å². The van der Waals surface area contributed by atoms with E-state index in [9.17, 15) is 4.79 Å². The standard InChI is InChI=1S/C11H11NO2S/c1-7-2-3-10-9(4-7)12-6-8(15-10)5-11(13)14/h2-4,6,8H,5H2,1H3,(H,13,14). The summed E-state index contributed by atoms with van der Waals surface area (Å²) < 4.78 is 0. The van der Waals surface area contributed by atoms with Crippen LogP contribution in [0.15, 0.2) is 28.1 Å². The van der Waals surface area contributed by atoms with Crippen molar-refractivity contribution in [3.8, 4) is 0 Å². The average Bonchev–Trinajstić information content (AvgIpc) is 2.17. The quantitative estimate of drug-likeness (QED) is 0.835. The van der Waals surface area contributed by atoms with E-state index in [1.807, 2.05) is 25.1 Å². The minimum atomic E-state index is -0.783. The molecule has 15 heavy (non-hydrogen) atoms. The molecule has 0 fully saturated rings. The summed E-state index contributed by atoms with van der Waals surface area (Å²) in [4.78, 5) is 15.9. The maximum atomic E-state index is 10.6. The summed E-state index contributed by atoms with van der Waals surface area (Å²) in [6, 6.07) is 6.03. The highest BCUT2D eigenvalue weighted by atomic mass is 32.2. The van der Waals surface area contributed by atoms with Crippen LogP contribution in [0.25, 0.3) is 0 Å². The number of fused-ring (bicyclic) bond motifs is 1. The highest BCUT2D eigenvalue weighted by Gasteiger charge is 2.18. The SMILES string of the molecule is Cc1ccc2c(c1)N=CC(CC(=O)O)S2. The number of rotatable bonds is 2. The molecule has 0 amide bonds. The number of nitrogens with zero attached hydrogens (tertiary/aromatic N) is 1. The van der Waals surface area contributed by atoms with Gasteiger partial charge in [-0.15, -0.1) is 11.8 Å². The zero-order valence-corrected chi connectivity index (χ0v) is 9.12. The molecule has 1 aliphatic heterocycles. The Morgan fingerprint density at radius 1 is 1.60 bits per heavy atom. The topological polar surface area (TPSA) is 49.7 Å². The molecule has 78 valence electrons. The Morgan fingerprint density at radius 2 is 2.40 bits per heavy atom. The lowest BCUT2D eigenvalue weighted by molar-refractivity contribution is -0.136. The van der Waals surface area contributed by atoms with E-state index in [2.05, 4.69) is 4.99 Å². The van der Waals surface area contributed by atoms with Crippen LogP contribution in [0.3, 0.4) is 0 Å². The van der Waals surface area contributed by atoms with E-state index in [4.69, 9.17) is 5.11 Å². The molecule has 1 aromatic carbocycles. The molecule has 4 heteroatoms. The monoisotopic (exact) mass is 221 g/mol. The van der Waals surface area contributed by atoms with Crippen LogP contribution >= 0.6 is 11.8 Å². The second-order valence-electron chi connectivity index (χ2n) is 3.50. The van der Waals surface area contributed by atoms with Gasteiger partial charge in [0.15, 0.2) is 0 Å². The van der Waals surface area contributed by atoms with Gasteiger partial charge in [0.1, 0.15) is 0 Å². The predicted molar refractivity (Wildman–Crippen MR) is 61.2 cm³/mol. The molecule has 0 bridgehead atoms. The number of carboxylic acids is 1. The van der Waals surface area contributed by atoms with Gasteiger partial charge in [0.05, 0.1) is 17.4 Å². The van der Waals surface area contributed by atoms with Crippen molar-refractivity contribution in [2.24, 2.45) is 4.99 Å². The van der Waals surface area contributed by atoms with E-state index in [1.54, 1.807) is 18.0 Å². The molecule has 0 saturated heterocycles. The molecule has 1 N–H and O–H groups in total. The van der Waals surface area contributed by atoms with Crippen LogP contribution < -0.4 is 0 Å². The molecule has 1 heterocycles. The van der Waals surface area contributed by atoms with Crippen LogP contribution in [0, 0.1) is 6.92 Å². The fourth-order valence-corrected chi connectivity index (χ4v) is 2.50. The largest absolute Gasteiger partial charge is 0.481 e. The predicted octanol–water partition coefficient (Wildman–Crippen LogP) is 2.65. The van der Waals surface area contributed by atoms with Gasteiger partial charge in [-0.05, 0) is 24.6 Å². The maximum Gasteiger partial charge on any atom is 0.304 e. The van der Waals surface area contributed by atoms with Crippen molar-refractivity contribution in [1.82, 2.24) is 0 Å². The van der Waals surface area contributed by atoms with Crippen molar-refractivity contribution >= 4 is 29.6 Å². The van der Waals surface area contributed by atoms with Gasteiger partial charge >= 0.3 is 5.97 Å². The summed E-state index contributed by atoms with van der Waals surface area (Å²) in [6.45, 7) is 2.02. The van der Waals surface area contributed by atoms with Crippen molar-refractivity contribution in [3.05, 3.63) is 23.8 Å². The van der Waals surface area contributed by atoms with Crippen LogP contribution in [-0.4, -0.2) is 22.5 Å². The van der Waals surface area contributed by atoms with Crippen LogP contribution in [-0.2, 0) is 4.79 Å². The summed E-state index contributed by atoms with van der Waals surface area (Å²) in [5, 5.41) is 8.64. The Balaban J connectivity index is 2.20. The van der Waals surface area contributed by atoms with Crippen molar-refractivity contribution in [2.45, 2.75) is 23.5 Å². The molecule has 1 atom stereocenters. The summed E-state index contributed by atoms with van der Waals surface area (Å²) in [5.74, 6) is -0.783. The highest BCUT2D eigenvalue weighted by Crippen LogP contribution is 2.37. The van der Waals surface area contributed by atoms with E-state index >= 15 is 0 Å². The first-order valence-electron chi connectivity index (χ1n) is 4.68. The third-order valence-corrected chi connectivity index (χ3v) is 3.34. The molecule has 0 aromatic heterocycles. The van der Waals surface area contributed by atoms with E-state index in [0.717, 1.165) is 10.6 Å². The highest BCUT2D eigenvalue weighted by molar-refractivity contribution is 8.00. The number of aliphatic carboxylic acids is 1. The Labute approximate surface area is 92.2 Å². The third-order valence-electron chi connectivity index (χ3n) is 2.15. The van der Waals surface area contributed by atoms with E-state index in [-0.39, 0.29) is 11.7 Å². The Morgan fingerprint density at radius 3 is 3.13 bits per heavy atom. The van der Waals surface area contributed by atoms with Gasteiger partial charge in [-0.1, -0.05) is 6.07 Å². The first kappa shape index (κ1) is 10.2. The number of hydrogen-bond donors (Lipinski definition) is 1. The molecular weight excluding hydrogens is 210 g/mol. The maximum absolute atomic E-state index is 10.6. The molecule has 3 nitrogen and oxygen atoms in total. The smallest absolute Gasteiger partial charge is 0.304 e. The number of thioether (sulfide) groups is 1. The Bertz CT molecular complexity index is 429. The number of carbonyl (C=O) groups is 1. The van der Waals surface area contributed by atoms with E-state index in [0.29, 0.717) is 0 Å². The molecule has 2 rings (SSSR count). The Hall–Kier alpha value is -1.29. The molecular formula is C11H11NO2S. The zero-order valence-electron chi connectivity index (χ0n) is 8.30. The Kier molecular flexibility index (Phi) is 2.77. The van der Waals surface area contributed by atoms with Gasteiger partial charge < -0.3 is 5.11 Å². The molecule has 1 unspecified atom stereocenters. The molecule has 1 aliphatic rings. The number of hydrogen-bond acceptors (Lipinski definition) is 3. The summed E-state index contributed by atoms with van der Waals surface area (Å²) in [6.07, 6.45) is 1.85. The van der Waals surface area contributed by atoms with E-state index < -0.39 is 5.97 Å². The van der Waals surface area contributed by atoms with Gasteiger partial charge in [-0.2, -0.15) is 0 Å². The molecule has 0 spiro atoms. The average molecular weight is 221 g/mol. The second-order valence-corrected chi connectivity index (χ2v) is 4.78. The van der Waals surface area contributed by atoms with Crippen molar-refractivity contribution in [1.29, 1.82) is 0 Å². The molecule has 0 saturated carbocycles. The first-order chi connectivity index (χ1) is 7.15. The molecule has 0 aliphatic carbocycles. The van der Waals surface area contributed by atoms with Crippen LogP contribution in [0.2, 0.25) is 0 Å². The second kappa shape index (κ2) is 4.06. The lowest BCUT2D eigenvalue weighted by Gasteiger charge is -2.16. The van der Waals surface area contributed by atoms with Gasteiger partial charge in [-0.25, -0.2) is 0 Å². The number of aliphatic imine (C=N–C) groups is 1. The van der Waals surface area contributed by atoms with Gasteiger partial charge in [0, 0.05) is 11.1 Å². The van der Waals surface area contributed by atoms with Gasteiger partial charge in [0.25, 0.3) is 0 Å². The van der Waals surface area contributed by atoms with Crippen LogP contribution in [0.5, 0.6) is 0 Å². The zero-order chi connectivity index (χ0) is 10.8. The van der Waals surface area contributed by atoms with Crippen molar-refractivity contribution in [2.75, 3.05) is 0 Å². The fourth-order valence-electron chi connectivity index (χ4n) is 1.45. The van der Waals surface area contributed by atoms with E-state index in [1.165, 1.54) is 5.56 Å². The molecule has 0 radical (unpaired) electrons. The fraction of sp³-hybridized carbons (Fsp3) is 0.273. The number of benzene rings is 1. The summed E-state index contributed by atoms with van der Waals surface area (Å²) in [7, 11) is 0. The first-order valence-corrected chi connectivity index (χ1v) is 5.56. The lowest BCUT2D eigenvalue weighted by Crippen LogP contribution is -2.13. The summed E-state index contributed by atoms with van der Waals surface area (Å²) in [5.41, 5.74) is 2.12. The molecule has 1 aromatic rings. The van der Waals surface area contributed by atoms with Gasteiger partial charge in [-0.3, -0.25) is 9.79 Å². The third kappa shape index (κ3) is 2.39. The number of carboxylic acid groups (broad SMARTS) is 1. The summed E-state index contributed by atoms with van der Waals surface area (Å²) >= 11 is 1.56. The minimum Gasteiger partial charge on any atom is -0.481 e. The lowest BCUT2D eigenvalue weighted by atomic mass is 10.2. The minimum absolute atomic E-state index is 0.0438. The van der Waals surface area contributed by atoms with Crippen LogP contribution in [0.4, 0.5) is 5.69 Å². The number of aryl methyl sites for hydroxylation is 1. The van der Waals surface area contributed by atoms with Gasteiger partial charge in [0.2, 0.25) is 0 Å². The normalized spacial score (nSPS) is 18.6. The van der Waals surface area contributed by atoms with Crippen molar-refractivity contribution in [3.63, 3.8) is 0 Å². The van der Waals surface area contributed by atoms with Crippen LogP contribution in [0.1, 0.15) is 12.0 Å².